The number of likely N-dealkylation sites (tertiary alicyclic amines) is 1. The molecule has 2 N–H and O–H groups in total. The van der Waals surface area contributed by atoms with Crippen molar-refractivity contribution in [3.05, 3.63) is 29.3 Å². The Kier molecular flexibility index (Phi) is 2.83. The zero-order valence-corrected chi connectivity index (χ0v) is 11.6. The highest BCUT2D eigenvalue weighted by atomic mass is 15.2. The summed E-state index contributed by atoms with van der Waals surface area (Å²) in [4.78, 5) is 4.87. The SMILES string of the molecule is Cc1ccc2c(c1)N(C)C1CCN(C)CC1C2N. The summed E-state index contributed by atoms with van der Waals surface area (Å²) in [5, 5.41) is 0. The second-order valence-electron chi connectivity index (χ2n) is 5.98. The van der Waals surface area contributed by atoms with E-state index >= 15 is 0 Å². The van der Waals surface area contributed by atoms with Crippen LogP contribution in [0.5, 0.6) is 0 Å². The molecule has 3 heteroatoms. The van der Waals surface area contributed by atoms with Crippen LogP contribution in [0.15, 0.2) is 18.2 Å². The third kappa shape index (κ3) is 1.73. The molecule has 1 aromatic carbocycles. The van der Waals surface area contributed by atoms with E-state index in [9.17, 15) is 0 Å². The van der Waals surface area contributed by atoms with Crippen molar-refractivity contribution in [3.8, 4) is 0 Å². The lowest BCUT2D eigenvalue weighted by Crippen LogP contribution is -2.55. The Hall–Kier alpha value is -1.06. The van der Waals surface area contributed by atoms with E-state index in [1.807, 2.05) is 0 Å². The quantitative estimate of drug-likeness (QED) is 0.756. The molecule has 0 spiro atoms. The van der Waals surface area contributed by atoms with Crippen molar-refractivity contribution in [1.29, 1.82) is 0 Å². The first-order chi connectivity index (χ1) is 8.58. The minimum absolute atomic E-state index is 0.185. The lowest BCUT2D eigenvalue weighted by molar-refractivity contribution is 0.154. The molecule has 0 aliphatic carbocycles. The molecule has 18 heavy (non-hydrogen) atoms. The van der Waals surface area contributed by atoms with Gasteiger partial charge in [-0.05, 0) is 44.1 Å². The Morgan fingerprint density at radius 2 is 2.06 bits per heavy atom. The normalized spacial score (nSPS) is 32.0. The summed E-state index contributed by atoms with van der Waals surface area (Å²) in [6.07, 6.45) is 1.22. The molecule has 3 nitrogen and oxygen atoms in total. The predicted molar refractivity (Wildman–Crippen MR) is 75.9 cm³/mol. The van der Waals surface area contributed by atoms with Crippen LogP contribution in [-0.2, 0) is 0 Å². The molecule has 1 aromatic rings. The largest absolute Gasteiger partial charge is 0.371 e. The first-order valence-corrected chi connectivity index (χ1v) is 6.85. The highest BCUT2D eigenvalue weighted by Crippen LogP contribution is 2.41. The molecular weight excluding hydrogens is 222 g/mol. The highest BCUT2D eigenvalue weighted by Gasteiger charge is 2.40. The minimum atomic E-state index is 0.185. The molecule has 98 valence electrons. The van der Waals surface area contributed by atoms with Crippen molar-refractivity contribution in [1.82, 2.24) is 4.90 Å². The fourth-order valence-corrected chi connectivity index (χ4v) is 3.62. The lowest BCUT2D eigenvalue weighted by Gasteiger charge is -2.49. The number of piperidine rings is 1. The molecule has 0 aromatic heterocycles. The van der Waals surface area contributed by atoms with E-state index in [1.54, 1.807) is 0 Å². The Bertz CT molecular complexity index is 457. The van der Waals surface area contributed by atoms with Crippen molar-refractivity contribution < 1.29 is 0 Å². The van der Waals surface area contributed by atoms with Crippen LogP contribution in [0.4, 0.5) is 5.69 Å². The molecule has 2 aliphatic rings. The number of hydrogen-bond acceptors (Lipinski definition) is 3. The maximum atomic E-state index is 6.52. The van der Waals surface area contributed by atoms with Crippen LogP contribution in [0.1, 0.15) is 23.6 Å². The number of benzene rings is 1. The maximum Gasteiger partial charge on any atom is 0.0417 e. The second-order valence-corrected chi connectivity index (χ2v) is 5.98. The van der Waals surface area contributed by atoms with Crippen LogP contribution in [0.3, 0.4) is 0 Å². The average molecular weight is 245 g/mol. The fourth-order valence-electron chi connectivity index (χ4n) is 3.62. The first-order valence-electron chi connectivity index (χ1n) is 6.85. The number of aryl methyl sites for hydroxylation is 1. The molecule has 3 unspecified atom stereocenters. The van der Waals surface area contributed by atoms with Gasteiger partial charge in [0.15, 0.2) is 0 Å². The zero-order valence-electron chi connectivity index (χ0n) is 11.6. The highest BCUT2D eigenvalue weighted by molar-refractivity contribution is 5.59. The van der Waals surface area contributed by atoms with Crippen LogP contribution in [-0.4, -0.2) is 38.1 Å². The molecule has 2 heterocycles. The van der Waals surface area contributed by atoms with Crippen LogP contribution in [0.25, 0.3) is 0 Å². The summed E-state index contributed by atoms with van der Waals surface area (Å²) in [7, 11) is 4.43. The molecule has 1 fully saturated rings. The molecule has 0 radical (unpaired) electrons. The summed E-state index contributed by atoms with van der Waals surface area (Å²) in [6, 6.07) is 7.47. The van der Waals surface area contributed by atoms with E-state index in [1.165, 1.54) is 29.8 Å². The van der Waals surface area contributed by atoms with Gasteiger partial charge in [-0.2, -0.15) is 0 Å². The average Bonchev–Trinajstić information content (AvgIpc) is 2.36. The van der Waals surface area contributed by atoms with Crippen molar-refractivity contribution in [2.24, 2.45) is 11.7 Å². The summed E-state index contributed by atoms with van der Waals surface area (Å²) in [6.45, 7) is 4.45. The molecular formula is C15H23N3. The third-order valence-electron chi connectivity index (χ3n) is 4.71. The van der Waals surface area contributed by atoms with Gasteiger partial charge >= 0.3 is 0 Å². The summed E-state index contributed by atoms with van der Waals surface area (Å²) >= 11 is 0. The van der Waals surface area contributed by atoms with Gasteiger partial charge < -0.3 is 15.5 Å². The molecule has 3 rings (SSSR count). The summed E-state index contributed by atoms with van der Waals surface area (Å²) < 4.78 is 0. The van der Waals surface area contributed by atoms with Crippen LogP contribution in [0.2, 0.25) is 0 Å². The number of rotatable bonds is 0. The molecule has 0 bridgehead atoms. The Labute approximate surface area is 110 Å². The van der Waals surface area contributed by atoms with Crippen LogP contribution < -0.4 is 10.6 Å². The molecule has 0 amide bonds. The van der Waals surface area contributed by atoms with Gasteiger partial charge in [0.05, 0.1) is 0 Å². The number of anilines is 1. The Morgan fingerprint density at radius 3 is 2.83 bits per heavy atom. The van der Waals surface area contributed by atoms with E-state index in [2.05, 4.69) is 49.0 Å². The smallest absolute Gasteiger partial charge is 0.0417 e. The van der Waals surface area contributed by atoms with Gasteiger partial charge in [-0.15, -0.1) is 0 Å². The molecule has 0 saturated carbocycles. The van der Waals surface area contributed by atoms with Crippen LogP contribution >= 0.6 is 0 Å². The summed E-state index contributed by atoms with van der Waals surface area (Å²) in [5.41, 5.74) is 10.5. The van der Waals surface area contributed by atoms with Gasteiger partial charge in [0.1, 0.15) is 0 Å². The van der Waals surface area contributed by atoms with E-state index in [4.69, 9.17) is 5.73 Å². The van der Waals surface area contributed by atoms with Gasteiger partial charge in [0.25, 0.3) is 0 Å². The number of nitrogens with two attached hydrogens (primary N) is 1. The van der Waals surface area contributed by atoms with Crippen molar-refractivity contribution in [3.63, 3.8) is 0 Å². The minimum Gasteiger partial charge on any atom is -0.371 e. The molecule has 2 aliphatic heterocycles. The van der Waals surface area contributed by atoms with Crippen molar-refractivity contribution in [2.75, 3.05) is 32.1 Å². The number of hydrogen-bond donors (Lipinski definition) is 1. The number of nitrogens with zero attached hydrogens (tertiary/aromatic N) is 2. The monoisotopic (exact) mass is 245 g/mol. The van der Waals surface area contributed by atoms with E-state index in [0.29, 0.717) is 12.0 Å². The fraction of sp³-hybridized carbons (Fsp3) is 0.600. The van der Waals surface area contributed by atoms with E-state index in [0.717, 1.165) is 6.54 Å². The van der Waals surface area contributed by atoms with Gasteiger partial charge in [-0.3, -0.25) is 0 Å². The van der Waals surface area contributed by atoms with Gasteiger partial charge in [0.2, 0.25) is 0 Å². The van der Waals surface area contributed by atoms with Gasteiger partial charge in [-0.25, -0.2) is 0 Å². The second kappa shape index (κ2) is 4.25. The van der Waals surface area contributed by atoms with Crippen molar-refractivity contribution in [2.45, 2.75) is 25.4 Å². The van der Waals surface area contributed by atoms with Crippen LogP contribution in [0, 0.1) is 12.8 Å². The summed E-state index contributed by atoms with van der Waals surface area (Å²) in [5.74, 6) is 0.559. The third-order valence-corrected chi connectivity index (χ3v) is 4.71. The standard InChI is InChI=1S/C15H23N3/c1-10-4-5-11-14(8-10)18(3)13-6-7-17(2)9-12(13)15(11)16/h4-5,8,12-13,15H,6-7,9,16H2,1-3H3. The van der Waals surface area contributed by atoms with E-state index < -0.39 is 0 Å². The first kappa shape index (κ1) is 12.0. The Morgan fingerprint density at radius 1 is 1.28 bits per heavy atom. The molecule has 1 saturated heterocycles. The topological polar surface area (TPSA) is 32.5 Å². The predicted octanol–water partition coefficient (Wildman–Crippen LogP) is 1.76. The molecule has 3 atom stereocenters. The number of fused-ring (bicyclic) bond motifs is 2. The zero-order chi connectivity index (χ0) is 12.9. The van der Waals surface area contributed by atoms with Gasteiger partial charge in [0, 0.05) is 37.3 Å². The van der Waals surface area contributed by atoms with Crippen molar-refractivity contribution >= 4 is 5.69 Å². The Balaban J connectivity index is 2.03. The maximum absolute atomic E-state index is 6.52. The lowest BCUT2D eigenvalue weighted by atomic mass is 9.78. The van der Waals surface area contributed by atoms with E-state index in [-0.39, 0.29) is 6.04 Å². The van der Waals surface area contributed by atoms with Gasteiger partial charge in [-0.1, -0.05) is 12.1 Å².